The van der Waals surface area contributed by atoms with Gasteiger partial charge in [0.15, 0.2) is 0 Å². The average Bonchev–Trinajstić information content (AvgIpc) is 2.65. The summed E-state index contributed by atoms with van der Waals surface area (Å²) >= 11 is 7.39. The van der Waals surface area contributed by atoms with E-state index in [1.54, 1.807) is 4.90 Å². The molecule has 1 aromatic heterocycles. The zero-order valence-electron chi connectivity index (χ0n) is 14.9. The fourth-order valence-corrected chi connectivity index (χ4v) is 3.80. The molecule has 4 nitrogen and oxygen atoms in total. The smallest absolute Gasteiger partial charge is 0.233 e. The number of rotatable bonds is 5. The van der Waals surface area contributed by atoms with Gasteiger partial charge in [0, 0.05) is 17.5 Å². The zero-order chi connectivity index (χ0) is 18.7. The summed E-state index contributed by atoms with van der Waals surface area (Å²) in [7, 11) is 1.82. The fourth-order valence-electron chi connectivity index (χ4n) is 2.68. The largest absolute Gasteiger partial charge is 0.338 e. The van der Waals surface area contributed by atoms with E-state index in [2.05, 4.69) is 9.97 Å². The monoisotopic (exact) mass is 385 g/mol. The maximum absolute atomic E-state index is 12.7. The van der Waals surface area contributed by atoms with Gasteiger partial charge in [-0.25, -0.2) is 9.97 Å². The standard InChI is InChI=1S/C20H20ClN3OS/c1-13(15-8-10-16(21)11-9-15)24(3)19(25)12-26-20-17-6-4-5-7-18(17)22-14(2)23-20/h4-11,13H,12H2,1-3H3. The first-order valence-corrected chi connectivity index (χ1v) is 9.69. The quantitative estimate of drug-likeness (QED) is 0.462. The van der Waals surface area contributed by atoms with Crippen LogP contribution >= 0.6 is 23.4 Å². The average molecular weight is 386 g/mol. The molecule has 1 unspecified atom stereocenters. The number of halogens is 1. The molecule has 3 aromatic rings. The number of hydrogen-bond acceptors (Lipinski definition) is 4. The minimum absolute atomic E-state index is 0.0238. The van der Waals surface area contributed by atoms with E-state index in [9.17, 15) is 4.79 Å². The predicted octanol–water partition coefficient (Wildman–Crippen LogP) is 4.90. The first-order chi connectivity index (χ1) is 12.5. The molecule has 1 heterocycles. The van der Waals surface area contributed by atoms with Crippen LogP contribution in [0.15, 0.2) is 53.6 Å². The first kappa shape index (κ1) is 18.7. The van der Waals surface area contributed by atoms with Crippen molar-refractivity contribution in [3.8, 4) is 0 Å². The molecule has 134 valence electrons. The predicted molar refractivity (Wildman–Crippen MR) is 108 cm³/mol. The van der Waals surface area contributed by atoms with Gasteiger partial charge in [0.2, 0.25) is 5.91 Å². The SMILES string of the molecule is Cc1nc(SCC(=O)N(C)C(C)c2ccc(Cl)cc2)c2ccccc2n1. The Bertz CT molecular complexity index is 930. The van der Waals surface area contributed by atoms with Gasteiger partial charge in [0.25, 0.3) is 0 Å². The number of fused-ring (bicyclic) bond motifs is 1. The molecule has 0 N–H and O–H groups in total. The van der Waals surface area contributed by atoms with Crippen molar-refractivity contribution >= 4 is 40.2 Å². The summed E-state index contributed by atoms with van der Waals surface area (Å²) in [5.74, 6) is 1.09. The van der Waals surface area contributed by atoms with E-state index in [4.69, 9.17) is 11.6 Å². The third-order valence-electron chi connectivity index (χ3n) is 4.34. The number of carbonyl (C=O) groups is 1. The van der Waals surface area contributed by atoms with E-state index in [1.807, 2.05) is 69.4 Å². The van der Waals surface area contributed by atoms with Crippen LogP contribution < -0.4 is 0 Å². The highest BCUT2D eigenvalue weighted by Crippen LogP contribution is 2.27. The number of nitrogens with zero attached hydrogens (tertiary/aromatic N) is 3. The van der Waals surface area contributed by atoms with Crippen LogP contribution in [0.5, 0.6) is 0 Å². The molecule has 0 aliphatic heterocycles. The molecule has 0 aliphatic carbocycles. The summed E-state index contributed by atoms with van der Waals surface area (Å²) in [6.07, 6.45) is 0. The van der Waals surface area contributed by atoms with Crippen LogP contribution in [0.4, 0.5) is 0 Å². The Balaban J connectivity index is 1.71. The Hall–Kier alpha value is -2.11. The number of aromatic nitrogens is 2. The highest BCUT2D eigenvalue weighted by atomic mass is 35.5. The van der Waals surface area contributed by atoms with Crippen LogP contribution in [0.25, 0.3) is 10.9 Å². The lowest BCUT2D eigenvalue weighted by Crippen LogP contribution is -2.31. The molecule has 26 heavy (non-hydrogen) atoms. The maximum Gasteiger partial charge on any atom is 0.233 e. The lowest BCUT2D eigenvalue weighted by atomic mass is 10.1. The second-order valence-corrected chi connectivity index (χ2v) is 7.51. The van der Waals surface area contributed by atoms with Gasteiger partial charge >= 0.3 is 0 Å². The van der Waals surface area contributed by atoms with Crippen LogP contribution in [0.2, 0.25) is 5.02 Å². The number of carbonyl (C=O) groups excluding carboxylic acids is 1. The van der Waals surface area contributed by atoms with Crippen molar-refractivity contribution in [2.75, 3.05) is 12.8 Å². The van der Waals surface area contributed by atoms with E-state index < -0.39 is 0 Å². The molecule has 0 bridgehead atoms. The van der Waals surface area contributed by atoms with Crippen LogP contribution in [-0.2, 0) is 4.79 Å². The van der Waals surface area contributed by atoms with Crippen LogP contribution in [0.1, 0.15) is 24.4 Å². The van der Waals surface area contributed by atoms with Crippen molar-refractivity contribution in [3.05, 3.63) is 64.9 Å². The zero-order valence-corrected chi connectivity index (χ0v) is 16.5. The van der Waals surface area contributed by atoms with Crippen LogP contribution in [0, 0.1) is 6.92 Å². The normalized spacial score (nSPS) is 12.2. The van der Waals surface area contributed by atoms with E-state index in [0.717, 1.165) is 21.5 Å². The molecule has 1 atom stereocenters. The lowest BCUT2D eigenvalue weighted by molar-refractivity contribution is -0.128. The van der Waals surface area contributed by atoms with Crippen molar-refractivity contribution in [3.63, 3.8) is 0 Å². The summed E-state index contributed by atoms with van der Waals surface area (Å²) in [6, 6.07) is 15.4. The van der Waals surface area contributed by atoms with Gasteiger partial charge in [-0.1, -0.05) is 53.7 Å². The van der Waals surface area contributed by atoms with Crippen molar-refractivity contribution in [1.82, 2.24) is 14.9 Å². The summed E-state index contributed by atoms with van der Waals surface area (Å²) < 4.78 is 0. The van der Waals surface area contributed by atoms with E-state index in [1.165, 1.54) is 11.8 Å². The number of amides is 1. The Morgan fingerprint density at radius 3 is 2.58 bits per heavy atom. The van der Waals surface area contributed by atoms with Gasteiger partial charge in [0.05, 0.1) is 17.3 Å². The molecule has 2 aromatic carbocycles. The Labute approximate surface area is 162 Å². The topological polar surface area (TPSA) is 46.1 Å². The molecule has 0 fully saturated rings. The molecule has 6 heteroatoms. The Kier molecular flexibility index (Phi) is 5.79. The Morgan fingerprint density at radius 1 is 1.15 bits per heavy atom. The van der Waals surface area contributed by atoms with E-state index >= 15 is 0 Å². The second kappa shape index (κ2) is 8.06. The van der Waals surface area contributed by atoms with Crippen molar-refractivity contribution in [2.45, 2.75) is 24.9 Å². The molecule has 0 radical (unpaired) electrons. The molecule has 0 aliphatic rings. The number of benzene rings is 2. The third-order valence-corrected chi connectivity index (χ3v) is 5.57. The molecular formula is C20H20ClN3OS. The first-order valence-electron chi connectivity index (χ1n) is 8.33. The van der Waals surface area contributed by atoms with Gasteiger partial charge < -0.3 is 4.90 Å². The van der Waals surface area contributed by atoms with Crippen molar-refractivity contribution in [1.29, 1.82) is 0 Å². The molecule has 0 spiro atoms. The van der Waals surface area contributed by atoms with Gasteiger partial charge in [-0.05, 0) is 37.6 Å². The summed E-state index contributed by atoms with van der Waals surface area (Å²) in [5.41, 5.74) is 1.96. The molecule has 0 saturated heterocycles. The molecule has 1 amide bonds. The van der Waals surface area contributed by atoms with Crippen molar-refractivity contribution in [2.24, 2.45) is 0 Å². The van der Waals surface area contributed by atoms with Gasteiger partial charge in [-0.15, -0.1) is 0 Å². The van der Waals surface area contributed by atoms with Gasteiger partial charge in [-0.2, -0.15) is 0 Å². The second-order valence-electron chi connectivity index (χ2n) is 6.11. The highest BCUT2D eigenvalue weighted by molar-refractivity contribution is 8.00. The number of hydrogen-bond donors (Lipinski definition) is 0. The molecule has 0 saturated carbocycles. The molecule has 3 rings (SSSR count). The Morgan fingerprint density at radius 2 is 1.85 bits per heavy atom. The van der Waals surface area contributed by atoms with E-state index in [0.29, 0.717) is 16.6 Å². The third kappa shape index (κ3) is 4.17. The summed E-state index contributed by atoms with van der Waals surface area (Å²) in [5, 5.41) is 2.51. The van der Waals surface area contributed by atoms with Gasteiger partial charge in [0.1, 0.15) is 10.9 Å². The summed E-state index contributed by atoms with van der Waals surface area (Å²) in [4.78, 5) is 23.4. The number of aryl methyl sites for hydroxylation is 1. The fraction of sp³-hybridized carbons (Fsp3) is 0.250. The van der Waals surface area contributed by atoms with Crippen molar-refractivity contribution < 1.29 is 4.79 Å². The number of thioether (sulfide) groups is 1. The lowest BCUT2D eigenvalue weighted by Gasteiger charge is -2.25. The van der Waals surface area contributed by atoms with Crippen LogP contribution in [-0.4, -0.2) is 33.6 Å². The highest BCUT2D eigenvalue weighted by Gasteiger charge is 2.18. The number of para-hydroxylation sites is 1. The van der Waals surface area contributed by atoms with Crippen LogP contribution in [0.3, 0.4) is 0 Å². The van der Waals surface area contributed by atoms with E-state index in [-0.39, 0.29) is 11.9 Å². The maximum atomic E-state index is 12.7. The molecular weight excluding hydrogens is 366 g/mol. The summed E-state index contributed by atoms with van der Waals surface area (Å²) in [6.45, 7) is 3.88. The minimum atomic E-state index is -0.0238. The van der Waals surface area contributed by atoms with Gasteiger partial charge in [-0.3, -0.25) is 4.79 Å². The minimum Gasteiger partial charge on any atom is -0.338 e.